The zero-order valence-corrected chi connectivity index (χ0v) is 66.4. The van der Waals surface area contributed by atoms with Gasteiger partial charge in [-0.15, -0.1) is 0 Å². The van der Waals surface area contributed by atoms with Crippen LogP contribution in [0.25, 0.3) is 0 Å². The number of fused-ring (bicyclic) bond motifs is 24. The Labute approximate surface area is 658 Å². The molecule has 112 heavy (non-hydrogen) atoms. The van der Waals surface area contributed by atoms with Crippen LogP contribution in [0.4, 0.5) is 0 Å². The van der Waals surface area contributed by atoms with Crippen molar-refractivity contribution in [3.05, 3.63) is 349 Å². The second kappa shape index (κ2) is 30.8. The van der Waals surface area contributed by atoms with E-state index in [4.69, 9.17) is 28.4 Å². The first-order chi connectivity index (χ1) is 53.9. The SMILES string of the molecule is COc1c2cccc1Cc1cc(Cc3cc4c(O)c(c3)Cc3cc(C(C)(C)C)cc(c3OC)Cc3cc(Cc5cc6c(O)c(c5)Cc5cccc(c5OC)Cc5cccc(c5O)Cc5cccc(c5OC)C6)cc(c3O)Cc3cc(C(C)(C)C)cc(c3OC)C4)cc(c1O)Cc1cccc(c1OC)Cc1cccc(c1O)C2. The molecule has 3 aliphatic rings. The molecule has 0 radical (unpaired) electrons. The summed E-state index contributed by atoms with van der Waals surface area (Å²) in [6.07, 6.45) is 5.17. The van der Waals surface area contributed by atoms with Crippen molar-refractivity contribution >= 4 is 0 Å². The van der Waals surface area contributed by atoms with Crippen LogP contribution in [0.15, 0.2) is 182 Å². The Bertz CT molecular complexity index is 5030. The van der Waals surface area contributed by atoms with E-state index in [-0.39, 0.29) is 45.3 Å². The third-order valence-corrected chi connectivity index (χ3v) is 23.3. The highest BCUT2D eigenvalue weighted by molar-refractivity contribution is 5.64. The number of methoxy groups -OCH3 is 6. The normalized spacial score (nSPS) is 13.4. The lowest BCUT2D eigenvalue weighted by atomic mass is 9.81. The molecule has 0 aliphatic heterocycles. The van der Waals surface area contributed by atoms with Crippen LogP contribution in [0.2, 0.25) is 0 Å². The molecule has 3 aliphatic carbocycles. The average Bonchev–Trinajstić information content (AvgIpc) is 0.763. The van der Waals surface area contributed by atoms with Crippen molar-refractivity contribution in [2.45, 2.75) is 142 Å². The Morgan fingerprint density at radius 1 is 0.205 bits per heavy atom. The molecule has 0 amide bonds. The predicted octanol–water partition coefficient (Wildman–Crippen LogP) is 19.8. The molecular formula is C100H100O12. The van der Waals surface area contributed by atoms with Crippen molar-refractivity contribution in [2.75, 3.05) is 42.7 Å². The van der Waals surface area contributed by atoms with Crippen molar-refractivity contribution < 1.29 is 59.1 Å². The van der Waals surface area contributed by atoms with Gasteiger partial charge in [0, 0.05) is 77.0 Å². The predicted molar refractivity (Wildman–Crippen MR) is 443 cm³/mol. The molecule has 0 aromatic heterocycles. The molecule has 0 heterocycles. The summed E-state index contributed by atoms with van der Waals surface area (Å²) in [6.45, 7) is 13.2. The molecule has 0 fully saturated rings. The zero-order chi connectivity index (χ0) is 78.6. The van der Waals surface area contributed by atoms with Crippen molar-refractivity contribution in [1.82, 2.24) is 0 Å². The third-order valence-electron chi connectivity index (χ3n) is 23.3. The number of benzene rings is 12. The van der Waals surface area contributed by atoms with E-state index in [0.29, 0.717) is 147 Å². The molecule has 15 rings (SSSR count). The number of phenols is 6. The lowest BCUT2D eigenvalue weighted by Gasteiger charge is -2.26. The van der Waals surface area contributed by atoms with E-state index in [0.717, 1.165) is 145 Å². The summed E-state index contributed by atoms with van der Waals surface area (Å²) in [4.78, 5) is 0. The molecule has 6 N–H and O–H groups in total. The standard InChI is InChI=1S/C100H100O12/c1-99(2,3)85-53-81-49-77-37-59(31-57-33-73-45-69-27-15-23-65(93(69)107-7)41-61-19-13-20-62(87(61)101)42-66-24-16-28-70(94(66)108-8)46-74(34-57)89(73)103)39-79(91(77)105)51-83-55-86(100(4,5)6)56-84(98(83)112-12)52-80-40-60(38-78(92(80)106)50-82(54-85)97(81)111-11)32-58-35-75-47-71-29-17-25-67(95(71)109-9)43-63-21-14-22-64(88(63)102)44-68-26-18-30-72(96(68)110-10)48-76(36-58)90(75)104/h13-30,33-40,53-56,101-106H,31-32,41-52H2,1-12H3. The van der Waals surface area contributed by atoms with Crippen molar-refractivity contribution in [3.8, 4) is 69.0 Å². The van der Waals surface area contributed by atoms with E-state index in [2.05, 4.69) is 114 Å². The molecule has 572 valence electrons. The smallest absolute Gasteiger partial charge is 0.125 e. The van der Waals surface area contributed by atoms with Gasteiger partial charge in [0.2, 0.25) is 0 Å². The Kier molecular flexibility index (Phi) is 20.8. The lowest BCUT2D eigenvalue weighted by molar-refractivity contribution is 0.403. The molecule has 0 unspecified atom stereocenters. The van der Waals surface area contributed by atoms with E-state index < -0.39 is 0 Å². The van der Waals surface area contributed by atoms with Crippen molar-refractivity contribution in [3.63, 3.8) is 0 Å². The number of rotatable bonds is 10. The Hall–Kier alpha value is -11.8. The minimum absolute atomic E-state index is 0.175. The number of ether oxygens (including phenoxy) is 6. The molecule has 12 nitrogen and oxygen atoms in total. The van der Waals surface area contributed by atoms with Crippen LogP contribution >= 0.6 is 0 Å². The van der Waals surface area contributed by atoms with Gasteiger partial charge in [-0.2, -0.15) is 0 Å². The van der Waals surface area contributed by atoms with Gasteiger partial charge in [-0.25, -0.2) is 0 Å². The highest BCUT2D eigenvalue weighted by atomic mass is 16.5. The maximum atomic E-state index is 13.2. The fourth-order valence-corrected chi connectivity index (χ4v) is 17.7. The van der Waals surface area contributed by atoms with E-state index in [1.807, 2.05) is 109 Å². The van der Waals surface area contributed by atoms with Crippen LogP contribution in [-0.2, 0) is 101 Å². The van der Waals surface area contributed by atoms with Gasteiger partial charge >= 0.3 is 0 Å². The first kappa shape index (κ1) is 75.6. The fourth-order valence-electron chi connectivity index (χ4n) is 17.7. The first-order valence-corrected chi connectivity index (χ1v) is 38.8. The Morgan fingerprint density at radius 3 is 0.518 bits per heavy atom. The van der Waals surface area contributed by atoms with E-state index in [1.54, 1.807) is 42.7 Å². The summed E-state index contributed by atoms with van der Waals surface area (Å²) in [5.41, 5.74) is 24.9. The number of aromatic hydroxyl groups is 6. The molecule has 0 saturated heterocycles. The van der Waals surface area contributed by atoms with Crippen LogP contribution in [-0.4, -0.2) is 73.3 Å². The summed E-state index contributed by atoms with van der Waals surface area (Å²) in [7, 11) is 10.1. The Balaban J connectivity index is 0.870. The lowest BCUT2D eigenvalue weighted by Crippen LogP contribution is -2.14. The minimum Gasteiger partial charge on any atom is -0.507 e. The second-order valence-electron chi connectivity index (χ2n) is 33.0. The summed E-state index contributed by atoms with van der Waals surface area (Å²) in [5.74, 6) is 5.31. The molecule has 24 bridgehead atoms. The number of hydrogen-bond acceptors (Lipinski definition) is 12. The van der Waals surface area contributed by atoms with Crippen molar-refractivity contribution in [1.29, 1.82) is 0 Å². The fraction of sp³-hybridized carbons (Fsp3) is 0.280. The third kappa shape index (κ3) is 15.1. The summed E-state index contributed by atoms with van der Waals surface area (Å²) in [6, 6.07) is 61.9. The van der Waals surface area contributed by atoms with Crippen LogP contribution in [0.3, 0.4) is 0 Å². The largest absolute Gasteiger partial charge is 0.507 e. The van der Waals surface area contributed by atoms with Crippen LogP contribution in [0, 0.1) is 0 Å². The molecule has 0 saturated carbocycles. The van der Waals surface area contributed by atoms with Gasteiger partial charge in [-0.1, -0.05) is 224 Å². The maximum absolute atomic E-state index is 13.2. The Morgan fingerprint density at radius 2 is 0.348 bits per heavy atom. The molecule has 12 heteroatoms. The first-order valence-electron chi connectivity index (χ1n) is 38.8. The molecule has 12 aromatic carbocycles. The van der Waals surface area contributed by atoms with E-state index >= 15 is 0 Å². The molecule has 12 aromatic rings. The minimum atomic E-state index is -0.339. The number of hydrogen-bond donors (Lipinski definition) is 6. The van der Waals surface area contributed by atoms with Crippen LogP contribution < -0.4 is 28.4 Å². The molecular weight excluding hydrogens is 1390 g/mol. The van der Waals surface area contributed by atoms with E-state index in [9.17, 15) is 30.6 Å². The summed E-state index contributed by atoms with van der Waals surface area (Å²) in [5, 5.41) is 75.6. The van der Waals surface area contributed by atoms with E-state index in [1.165, 1.54) is 0 Å². The highest BCUT2D eigenvalue weighted by Gasteiger charge is 2.30. The van der Waals surface area contributed by atoms with Crippen LogP contribution in [0.5, 0.6) is 69.0 Å². The molecule has 0 atom stereocenters. The number of phenolic OH excluding ortho intramolecular Hbond substituents is 6. The van der Waals surface area contributed by atoms with Gasteiger partial charge in [0.25, 0.3) is 0 Å². The van der Waals surface area contributed by atoms with Crippen LogP contribution in [0.1, 0.15) is 208 Å². The summed E-state index contributed by atoms with van der Waals surface area (Å²) < 4.78 is 38.3. The van der Waals surface area contributed by atoms with Gasteiger partial charge in [0.1, 0.15) is 69.0 Å². The second-order valence-corrected chi connectivity index (χ2v) is 33.0. The molecule has 0 spiro atoms. The highest BCUT2D eigenvalue weighted by Crippen LogP contribution is 2.47. The van der Waals surface area contributed by atoms with Gasteiger partial charge in [0.15, 0.2) is 0 Å². The summed E-state index contributed by atoms with van der Waals surface area (Å²) >= 11 is 0. The average molecular weight is 1490 g/mol. The zero-order valence-electron chi connectivity index (χ0n) is 66.4. The maximum Gasteiger partial charge on any atom is 0.125 e. The topological polar surface area (TPSA) is 177 Å². The number of para-hydroxylation sites is 6. The monoisotopic (exact) mass is 1490 g/mol. The van der Waals surface area contributed by atoms with Crippen molar-refractivity contribution in [2.24, 2.45) is 0 Å². The quantitative estimate of drug-likeness (QED) is 0.0765. The van der Waals surface area contributed by atoms with Gasteiger partial charge < -0.3 is 59.1 Å². The van der Waals surface area contributed by atoms with Gasteiger partial charge in [-0.3, -0.25) is 0 Å². The van der Waals surface area contributed by atoms with Gasteiger partial charge in [-0.05, 0) is 191 Å². The van der Waals surface area contributed by atoms with Gasteiger partial charge in [0.05, 0.1) is 42.7 Å².